The first kappa shape index (κ1) is 14.0. The maximum Gasteiger partial charge on any atom is 0.337 e. The predicted octanol–water partition coefficient (Wildman–Crippen LogP) is 5.19. The van der Waals surface area contributed by atoms with E-state index in [1.54, 1.807) is 36.4 Å². The van der Waals surface area contributed by atoms with Gasteiger partial charge < -0.3 is 9.15 Å². The van der Waals surface area contributed by atoms with Gasteiger partial charge in [0.2, 0.25) is 0 Å². The average Bonchev–Trinajstić information content (AvgIpc) is 2.95. The number of hydrogen-bond donors (Lipinski definition) is 0. The second kappa shape index (κ2) is 5.43. The van der Waals surface area contributed by atoms with E-state index >= 15 is 0 Å². The molecular weight excluding hydrogens is 311 g/mol. The number of rotatable bonds is 2. The summed E-state index contributed by atoms with van der Waals surface area (Å²) in [5.74, 6) is 0.217. The number of carbonyl (C=O) groups excluding carboxylic acids is 1. The number of methoxy groups -OCH3 is 1. The number of ether oxygens (including phenoxy) is 1. The van der Waals surface area contributed by atoms with Gasteiger partial charge in [-0.1, -0.05) is 35.3 Å². The average molecular weight is 321 g/mol. The summed E-state index contributed by atoms with van der Waals surface area (Å²) in [7, 11) is 1.35. The van der Waals surface area contributed by atoms with Crippen LogP contribution < -0.4 is 0 Å². The first-order valence-corrected chi connectivity index (χ1v) is 6.92. The van der Waals surface area contributed by atoms with Crippen LogP contribution in [0.5, 0.6) is 0 Å². The van der Waals surface area contributed by atoms with Crippen LogP contribution in [0.1, 0.15) is 10.4 Å². The van der Waals surface area contributed by atoms with Crippen molar-refractivity contribution in [3.8, 4) is 11.3 Å². The Labute approximate surface area is 131 Å². The third-order valence-electron chi connectivity index (χ3n) is 3.16. The van der Waals surface area contributed by atoms with Crippen molar-refractivity contribution in [2.24, 2.45) is 0 Å². The molecule has 0 fully saturated rings. The van der Waals surface area contributed by atoms with Gasteiger partial charge in [-0.05, 0) is 30.3 Å². The molecule has 0 saturated carbocycles. The summed E-state index contributed by atoms with van der Waals surface area (Å²) in [4.78, 5) is 11.6. The number of furan rings is 1. The van der Waals surface area contributed by atoms with E-state index in [1.807, 2.05) is 6.07 Å². The van der Waals surface area contributed by atoms with Crippen molar-refractivity contribution in [1.82, 2.24) is 0 Å². The molecule has 0 aliphatic heterocycles. The van der Waals surface area contributed by atoms with Crippen LogP contribution in [0.15, 0.2) is 46.9 Å². The highest BCUT2D eigenvalue weighted by molar-refractivity contribution is 6.45. The zero-order valence-corrected chi connectivity index (χ0v) is 12.5. The Hall–Kier alpha value is -1.97. The number of benzene rings is 2. The van der Waals surface area contributed by atoms with E-state index in [9.17, 15) is 4.79 Å². The lowest BCUT2D eigenvalue weighted by atomic mass is 10.1. The van der Waals surface area contributed by atoms with Gasteiger partial charge >= 0.3 is 5.97 Å². The Morgan fingerprint density at radius 1 is 1.14 bits per heavy atom. The molecule has 3 aromatic rings. The van der Waals surface area contributed by atoms with Gasteiger partial charge in [-0.3, -0.25) is 0 Å². The second-order valence-corrected chi connectivity index (χ2v) is 5.24. The molecule has 3 nitrogen and oxygen atoms in total. The highest BCUT2D eigenvalue weighted by atomic mass is 35.5. The van der Waals surface area contributed by atoms with Gasteiger partial charge in [0.25, 0.3) is 0 Å². The Kier molecular flexibility index (Phi) is 3.62. The van der Waals surface area contributed by atoms with Crippen LogP contribution >= 0.6 is 23.2 Å². The van der Waals surface area contributed by atoms with Crippen molar-refractivity contribution in [2.45, 2.75) is 0 Å². The normalized spacial score (nSPS) is 10.8. The molecule has 0 unspecified atom stereocenters. The van der Waals surface area contributed by atoms with Crippen LogP contribution in [-0.2, 0) is 4.74 Å². The van der Waals surface area contributed by atoms with Crippen LogP contribution in [0.2, 0.25) is 10.0 Å². The molecule has 3 rings (SSSR count). The number of esters is 1. The fourth-order valence-corrected chi connectivity index (χ4v) is 2.49. The topological polar surface area (TPSA) is 39.4 Å². The van der Waals surface area contributed by atoms with Crippen molar-refractivity contribution in [1.29, 1.82) is 0 Å². The zero-order chi connectivity index (χ0) is 15.0. The largest absolute Gasteiger partial charge is 0.465 e. The lowest BCUT2D eigenvalue weighted by molar-refractivity contribution is 0.0601. The Balaban J connectivity index is 2.12. The summed E-state index contributed by atoms with van der Waals surface area (Å²) in [6.07, 6.45) is 0. The van der Waals surface area contributed by atoms with Crippen LogP contribution in [0.25, 0.3) is 22.3 Å². The summed E-state index contributed by atoms with van der Waals surface area (Å²) in [5.41, 5.74) is 1.86. The number of hydrogen-bond acceptors (Lipinski definition) is 3. The summed E-state index contributed by atoms with van der Waals surface area (Å²) >= 11 is 12.2. The Bertz CT molecular complexity index is 837. The van der Waals surface area contributed by atoms with E-state index in [1.165, 1.54) is 7.11 Å². The molecule has 0 bridgehead atoms. The molecule has 1 aromatic heterocycles. The number of halogens is 2. The molecule has 0 radical (unpaired) electrons. The number of fused-ring (bicyclic) bond motifs is 1. The van der Waals surface area contributed by atoms with Crippen molar-refractivity contribution >= 4 is 40.1 Å². The highest BCUT2D eigenvalue weighted by Gasteiger charge is 2.13. The predicted molar refractivity (Wildman–Crippen MR) is 83.0 cm³/mol. The summed E-state index contributed by atoms with van der Waals surface area (Å²) in [5, 5.41) is 1.66. The Morgan fingerprint density at radius 3 is 2.71 bits per heavy atom. The van der Waals surface area contributed by atoms with Gasteiger partial charge in [0.1, 0.15) is 11.3 Å². The van der Waals surface area contributed by atoms with E-state index in [-0.39, 0.29) is 0 Å². The molecule has 0 aliphatic carbocycles. The van der Waals surface area contributed by atoms with Gasteiger partial charge in [-0.25, -0.2) is 4.79 Å². The van der Waals surface area contributed by atoms with E-state index in [0.29, 0.717) is 27.0 Å². The van der Waals surface area contributed by atoms with E-state index in [0.717, 1.165) is 10.9 Å². The molecule has 0 N–H and O–H groups in total. The first-order chi connectivity index (χ1) is 10.1. The van der Waals surface area contributed by atoms with Crippen molar-refractivity contribution in [3.63, 3.8) is 0 Å². The standard InChI is InChI=1S/C16H10Cl2O3/c1-20-16(19)10-4-2-3-9(7-10)14-8-11-13(21-14)6-5-12(17)15(11)18/h2-8H,1H3. The molecule has 0 saturated heterocycles. The lowest BCUT2D eigenvalue weighted by Gasteiger charge is -2.01. The summed E-state index contributed by atoms with van der Waals surface area (Å²) < 4.78 is 10.5. The molecule has 0 amide bonds. The SMILES string of the molecule is COC(=O)c1cccc(-c2cc3c(Cl)c(Cl)ccc3o2)c1. The van der Waals surface area contributed by atoms with Crippen molar-refractivity contribution in [2.75, 3.05) is 7.11 Å². The molecule has 1 heterocycles. The number of carbonyl (C=O) groups is 1. The minimum Gasteiger partial charge on any atom is -0.465 e. The third kappa shape index (κ3) is 2.50. The van der Waals surface area contributed by atoms with Gasteiger partial charge in [0, 0.05) is 10.9 Å². The lowest BCUT2D eigenvalue weighted by Crippen LogP contribution is -2.00. The maximum atomic E-state index is 11.6. The van der Waals surface area contributed by atoms with E-state index in [2.05, 4.69) is 0 Å². The van der Waals surface area contributed by atoms with Crippen LogP contribution in [-0.4, -0.2) is 13.1 Å². The van der Waals surface area contributed by atoms with Crippen LogP contribution in [0, 0.1) is 0 Å². The highest BCUT2D eigenvalue weighted by Crippen LogP contribution is 2.36. The first-order valence-electron chi connectivity index (χ1n) is 6.16. The Morgan fingerprint density at radius 2 is 1.95 bits per heavy atom. The minimum atomic E-state index is -0.394. The fourth-order valence-electron chi connectivity index (χ4n) is 2.11. The van der Waals surface area contributed by atoms with Gasteiger partial charge in [-0.15, -0.1) is 0 Å². The monoisotopic (exact) mass is 320 g/mol. The van der Waals surface area contributed by atoms with Gasteiger partial charge in [-0.2, -0.15) is 0 Å². The maximum absolute atomic E-state index is 11.6. The summed E-state index contributed by atoms with van der Waals surface area (Å²) in [6.45, 7) is 0. The molecular formula is C16H10Cl2O3. The van der Waals surface area contributed by atoms with Gasteiger partial charge in [0.15, 0.2) is 0 Å². The van der Waals surface area contributed by atoms with Crippen molar-refractivity contribution < 1.29 is 13.9 Å². The fraction of sp³-hybridized carbons (Fsp3) is 0.0625. The van der Waals surface area contributed by atoms with Gasteiger partial charge in [0.05, 0.1) is 22.7 Å². The molecule has 0 spiro atoms. The molecule has 106 valence electrons. The quantitative estimate of drug-likeness (QED) is 0.610. The van der Waals surface area contributed by atoms with Crippen LogP contribution in [0.4, 0.5) is 0 Å². The molecule has 0 atom stereocenters. The van der Waals surface area contributed by atoms with E-state index in [4.69, 9.17) is 32.4 Å². The smallest absolute Gasteiger partial charge is 0.337 e. The van der Waals surface area contributed by atoms with Crippen molar-refractivity contribution in [3.05, 3.63) is 58.1 Å². The zero-order valence-electron chi connectivity index (χ0n) is 11.0. The minimum absolute atomic E-state index is 0.394. The molecule has 5 heteroatoms. The van der Waals surface area contributed by atoms with E-state index < -0.39 is 5.97 Å². The second-order valence-electron chi connectivity index (χ2n) is 4.46. The molecule has 2 aromatic carbocycles. The van der Waals surface area contributed by atoms with Crippen LogP contribution in [0.3, 0.4) is 0 Å². The molecule has 21 heavy (non-hydrogen) atoms. The molecule has 0 aliphatic rings. The summed E-state index contributed by atoms with van der Waals surface area (Å²) in [6, 6.07) is 12.3. The third-order valence-corrected chi connectivity index (χ3v) is 3.98.